The number of pyridine rings is 1. The van der Waals surface area contributed by atoms with E-state index in [0.717, 1.165) is 19.4 Å². The minimum absolute atomic E-state index is 0.0304. The number of phenolic OH excluding ortho intramolecular Hbond substituents is 1. The summed E-state index contributed by atoms with van der Waals surface area (Å²) < 4.78 is 51.7. The van der Waals surface area contributed by atoms with Gasteiger partial charge in [-0.05, 0) is 43.0 Å². The van der Waals surface area contributed by atoms with Crippen molar-refractivity contribution in [3.05, 3.63) is 47.7 Å². The summed E-state index contributed by atoms with van der Waals surface area (Å²) in [6.45, 7) is 2.82. The number of anilines is 1. The lowest BCUT2D eigenvalue weighted by molar-refractivity contribution is 0.107. The first-order valence-electron chi connectivity index (χ1n) is 14.0. The van der Waals surface area contributed by atoms with Crippen LogP contribution in [-0.2, 0) is 0 Å². The molecule has 0 spiro atoms. The summed E-state index contributed by atoms with van der Waals surface area (Å²) in [6.07, 6.45) is 8.41. The van der Waals surface area contributed by atoms with Crippen LogP contribution >= 0.6 is 0 Å². The highest BCUT2D eigenvalue weighted by atomic mass is 19.1. The molecule has 216 valence electrons. The Bertz CT molecular complexity index is 1770. The Hall–Kier alpha value is -4.14. The predicted octanol–water partition coefficient (Wildman–Crippen LogP) is 4.17. The van der Waals surface area contributed by atoms with E-state index in [1.165, 1.54) is 30.5 Å². The summed E-state index contributed by atoms with van der Waals surface area (Å²) in [5.74, 6) is 1.21. The quantitative estimate of drug-likeness (QED) is 0.332. The lowest BCUT2D eigenvalue weighted by Crippen LogP contribution is -2.56. The molecule has 42 heavy (non-hydrogen) atoms. The molecule has 7 rings (SSSR count). The minimum atomic E-state index is -0.911. The number of hydrogen-bond acceptors (Lipinski definition) is 8. The van der Waals surface area contributed by atoms with Gasteiger partial charge >= 0.3 is 6.01 Å². The number of aromatic hydroxyl groups is 1. The molecule has 2 aromatic heterocycles. The SMILES string of the molecule is C#Cc1c(F)ccc2cc(O)cc(-c3nc(N(C)C4CNC4)c4cnc(OC[C@@]56CCCN5C[C@H](F)C6)nc4c3F)c12. The number of terminal acetylenes is 1. The number of likely N-dealkylation sites (N-methyl/N-ethyl adjacent to an activating group) is 1. The van der Waals surface area contributed by atoms with Gasteiger partial charge in [0.25, 0.3) is 0 Å². The van der Waals surface area contributed by atoms with E-state index in [1.54, 1.807) is 0 Å². The van der Waals surface area contributed by atoms with Crippen LogP contribution in [0.1, 0.15) is 24.8 Å². The zero-order valence-electron chi connectivity index (χ0n) is 23.0. The molecule has 0 radical (unpaired) electrons. The first-order valence-corrected chi connectivity index (χ1v) is 14.0. The zero-order valence-corrected chi connectivity index (χ0v) is 23.0. The van der Waals surface area contributed by atoms with E-state index >= 15 is 4.39 Å². The molecule has 11 heteroatoms. The monoisotopic (exact) mass is 574 g/mol. The molecular formula is C31H29F3N6O2. The summed E-state index contributed by atoms with van der Waals surface area (Å²) in [5, 5.41) is 14.8. The van der Waals surface area contributed by atoms with Crippen LogP contribution in [-0.4, -0.2) is 82.5 Å². The van der Waals surface area contributed by atoms with Gasteiger partial charge < -0.3 is 20.1 Å². The van der Waals surface area contributed by atoms with E-state index in [4.69, 9.17) is 16.1 Å². The first-order chi connectivity index (χ1) is 20.3. The molecule has 8 nitrogen and oxygen atoms in total. The van der Waals surface area contributed by atoms with Gasteiger partial charge in [-0.25, -0.2) is 23.1 Å². The molecule has 2 atom stereocenters. The number of fused-ring (bicyclic) bond motifs is 3. The Kier molecular flexibility index (Phi) is 6.36. The fraction of sp³-hybridized carbons (Fsp3) is 0.387. The molecule has 4 aromatic rings. The van der Waals surface area contributed by atoms with Gasteiger partial charge in [-0.15, -0.1) is 6.42 Å². The lowest BCUT2D eigenvalue weighted by atomic mass is 9.95. The summed E-state index contributed by atoms with van der Waals surface area (Å²) in [4.78, 5) is 17.6. The van der Waals surface area contributed by atoms with Crippen molar-refractivity contribution in [2.24, 2.45) is 0 Å². The van der Waals surface area contributed by atoms with E-state index in [9.17, 15) is 13.9 Å². The van der Waals surface area contributed by atoms with Crippen molar-refractivity contribution in [2.45, 2.75) is 37.0 Å². The smallest absolute Gasteiger partial charge is 0.317 e. The molecule has 0 unspecified atom stereocenters. The van der Waals surface area contributed by atoms with Gasteiger partial charge in [-0.2, -0.15) is 4.98 Å². The molecule has 0 aliphatic carbocycles. The number of benzene rings is 2. The normalized spacial score (nSPS) is 22.3. The summed E-state index contributed by atoms with van der Waals surface area (Å²) in [5.41, 5.74) is -0.513. The number of halogens is 3. The maximum Gasteiger partial charge on any atom is 0.317 e. The molecule has 3 fully saturated rings. The second-order valence-electron chi connectivity index (χ2n) is 11.5. The van der Waals surface area contributed by atoms with Crippen LogP contribution in [0.4, 0.5) is 19.0 Å². The first kappa shape index (κ1) is 26.7. The molecule has 0 saturated carbocycles. The molecule has 0 bridgehead atoms. The van der Waals surface area contributed by atoms with Crippen LogP contribution in [0.3, 0.4) is 0 Å². The number of hydrogen-bond donors (Lipinski definition) is 2. The van der Waals surface area contributed by atoms with Crippen molar-refractivity contribution < 1.29 is 23.0 Å². The van der Waals surface area contributed by atoms with Gasteiger partial charge in [-0.1, -0.05) is 12.0 Å². The van der Waals surface area contributed by atoms with E-state index in [-0.39, 0.29) is 52.1 Å². The summed E-state index contributed by atoms with van der Waals surface area (Å²) in [6, 6.07) is 5.52. The van der Waals surface area contributed by atoms with E-state index in [0.29, 0.717) is 42.6 Å². The Morgan fingerprint density at radius 3 is 2.86 bits per heavy atom. The zero-order chi connectivity index (χ0) is 29.2. The van der Waals surface area contributed by atoms with Gasteiger partial charge in [0.2, 0.25) is 0 Å². The van der Waals surface area contributed by atoms with Gasteiger partial charge in [0.15, 0.2) is 5.82 Å². The third kappa shape index (κ3) is 4.20. The number of nitrogens with one attached hydrogen (secondary N) is 1. The number of phenols is 1. The fourth-order valence-corrected chi connectivity index (χ4v) is 6.66. The highest BCUT2D eigenvalue weighted by Gasteiger charge is 2.49. The fourth-order valence-electron chi connectivity index (χ4n) is 6.66. The average molecular weight is 575 g/mol. The molecule has 2 N–H and O–H groups in total. The minimum Gasteiger partial charge on any atom is -0.508 e. The number of ether oxygens (including phenoxy) is 1. The summed E-state index contributed by atoms with van der Waals surface area (Å²) in [7, 11) is 1.85. The van der Waals surface area contributed by atoms with Crippen molar-refractivity contribution in [1.82, 2.24) is 25.2 Å². The standard InChI is InChI=1S/C31H29F3N6O2/c1-3-21-24(33)6-5-17-9-20(41)10-22(25(17)21)27-26(34)28-23(29(37-27)39(2)19-12-35-13-19)14-36-30(38-28)42-16-31-7-4-8-40(31)15-18(32)11-31/h1,5-6,9-10,14,18-19,35,41H,4,7-8,11-13,15-16H2,2H3/t18-,31+/m1/s1. The predicted molar refractivity (Wildman–Crippen MR) is 153 cm³/mol. The average Bonchev–Trinajstić information content (AvgIpc) is 3.46. The second-order valence-corrected chi connectivity index (χ2v) is 11.5. The highest BCUT2D eigenvalue weighted by molar-refractivity contribution is 6.03. The maximum absolute atomic E-state index is 16.6. The van der Waals surface area contributed by atoms with Crippen molar-refractivity contribution in [3.8, 4) is 35.4 Å². The topological polar surface area (TPSA) is 86.6 Å². The lowest BCUT2D eigenvalue weighted by Gasteiger charge is -2.37. The van der Waals surface area contributed by atoms with Crippen LogP contribution in [0, 0.1) is 24.0 Å². The molecule has 3 aliphatic heterocycles. The van der Waals surface area contributed by atoms with Crippen molar-refractivity contribution in [2.75, 3.05) is 44.7 Å². The molecule has 3 aliphatic rings. The Morgan fingerprint density at radius 1 is 1.26 bits per heavy atom. The largest absolute Gasteiger partial charge is 0.508 e. The third-order valence-corrected chi connectivity index (χ3v) is 8.96. The Morgan fingerprint density at radius 2 is 2.10 bits per heavy atom. The maximum atomic E-state index is 16.6. The van der Waals surface area contributed by atoms with Gasteiger partial charge in [0, 0.05) is 50.2 Å². The highest BCUT2D eigenvalue weighted by Crippen LogP contribution is 2.42. The number of nitrogens with zero attached hydrogens (tertiary/aromatic N) is 5. The third-order valence-electron chi connectivity index (χ3n) is 8.96. The van der Waals surface area contributed by atoms with Crippen molar-refractivity contribution >= 4 is 27.5 Å². The second kappa shape index (κ2) is 10.00. The van der Waals surface area contributed by atoms with Gasteiger partial charge in [0.05, 0.1) is 22.5 Å². The molecule has 0 amide bonds. The summed E-state index contributed by atoms with van der Waals surface area (Å²) >= 11 is 0. The van der Waals surface area contributed by atoms with E-state index < -0.39 is 23.3 Å². The van der Waals surface area contributed by atoms with Crippen molar-refractivity contribution in [3.63, 3.8) is 0 Å². The van der Waals surface area contributed by atoms with E-state index in [2.05, 4.69) is 26.1 Å². The van der Waals surface area contributed by atoms with Crippen LogP contribution in [0.2, 0.25) is 0 Å². The van der Waals surface area contributed by atoms with Crippen LogP contribution in [0.25, 0.3) is 32.9 Å². The van der Waals surface area contributed by atoms with Crippen LogP contribution < -0.4 is 15.0 Å². The van der Waals surface area contributed by atoms with Gasteiger partial charge in [0.1, 0.15) is 41.4 Å². The molecular weight excluding hydrogens is 545 g/mol. The van der Waals surface area contributed by atoms with Gasteiger partial charge in [-0.3, -0.25) is 4.90 Å². The number of aromatic nitrogens is 3. The van der Waals surface area contributed by atoms with E-state index in [1.807, 2.05) is 11.9 Å². The van der Waals surface area contributed by atoms with Crippen LogP contribution in [0.15, 0.2) is 30.5 Å². The molecule has 2 aromatic carbocycles. The Balaban J connectivity index is 1.39. The molecule has 3 saturated heterocycles. The van der Waals surface area contributed by atoms with Crippen molar-refractivity contribution in [1.29, 1.82) is 0 Å². The Labute approximate surface area is 240 Å². The van der Waals surface area contributed by atoms with Crippen LogP contribution in [0.5, 0.6) is 11.8 Å². The number of rotatable bonds is 6. The number of alkyl halides is 1. The molecule has 5 heterocycles.